The van der Waals surface area contributed by atoms with Crippen LogP contribution in [0.3, 0.4) is 0 Å². The van der Waals surface area contributed by atoms with Gasteiger partial charge in [-0.25, -0.2) is 0 Å². The molecule has 2 aliphatic heterocycles. The Morgan fingerprint density at radius 1 is 1.21 bits per heavy atom. The van der Waals surface area contributed by atoms with E-state index in [1.807, 2.05) is 38.1 Å². The Morgan fingerprint density at radius 3 is 2.42 bits per heavy atom. The van der Waals surface area contributed by atoms with Gasteiger partial charge in [-0.2, -0.15) is 0 Å². The highest BCUT2D eigenvalue weighted by Crippen LogP contribution is 2.39. The first kappa shape index (κ1) is 16.5. The number of carboxylic acids is 1. The molecule has 0 aliphatic carbocycles. The minimum Gasteiger partial charge on any atom is -0.494 e. The molecule has 2 aliphatic rings. The second-order valence-corrected chi connectivity index (χ2v) is 6.07. The van der Waals surface area contributed by atoms with E-state index < -0.39 is 30.0 Å². The smallest absolute Gasteiger partial charge is 0.310 e. The third-order valence-corrected chi connectivity index (χ3v) is 4.54. The zero-order valence-electron chi connectivity index (χ0n) is 13.6. The highest BCUT2D eigenvalue weighted by molar-refractivity contribution is 5.87. The van der Waals surface area contributed by atoms with Crippen molar-refractivity contribution in [2.45, 2.75) is 32.1 Å². The van der Waals surface area contributed by atoms with E-state index in [1.54, 1.807) is 12.2 Å². The largest absolute Gasteiger partial charge is 0.494 e. The van der Waals surface area contributed by atoms with Crippen molar-refractivity contribution in [1.82, 2.24) is 5.32 Å². The van der Waals surface area contributed by atoms with Gasteiger partial charge >= 0.3 is 5.97 Å². The fourth-order valence-corrected chi connectivity index (χ4v) is 3.33. The first-order valence-electron chi connectivity index (χ1n) is 8.11. The quantitative estimate of drug-likeness (QED) is 0.778. The Balaban J connectivity index is 1.67. The summed E-state index contributed by atoms with van der Waals surface area (Å²) in [5.41, 5.74) is 0.929. The zero-order valence-corrected chi connectivity index (χ0v) is 13.6. The summed E-state index contributed by atoms with van der Waals surface area (Å²) < 4.78 is 10.9. The number of carbonyl (C=O) groups excluding carboxylic acids is 1. The zero-order chi connectivity index (χ0) is 17.3. The molecule has 1 aromatic rings. The van der Waals surface area contributed by atoms with Crippen molar-refractivity contribution >= 4 is 11.9 Å². The minimum absolute atomic E-state index is 0.231. The second-order valence-electron chi connectivity index (χ2n) is 6.07. The standard InChI is InChI=1S/C18H21NO5/c1-3-23-12-6-4-11(5-7-12)10(2)19-17(20)15-13-8-9-14(24-13)16(15)18(21)22/h4-10,13-16H,3H2,1-2H3,(H,19,20)(H,21,22)/t10-,13-,14-,15-,16-/m0/s1. The lowest BCUT2D eigenvalue weighted by Gasteiger charge is -2.23. The van der Waals surface area contributed by atoms with E-state index in [4.69, 9.17) is 9.47 Å². The Hall–Kier alpha value is -2.34. The van der Waals surface area contributed by atoms with Gasteiger partial charge < -0.3 is 19.9 Å². The summed E-state index contributed by atoms with van der Waals surface area (Å²) in [5.74, 6) is -2.03. The predicted octanol–water partition coefficient (Wildman–Crippen LogP) is 1.92. The van der Waals surface area contributed by atoms with E-state index in [1.165, 1.54) is 0 Å². The van der Waals surface area contributed by atoms with Gasteiger partial charge in [0, 0.05) is 0 Å². The van der Waals surface area contributed by atoms with Crippen LogP contribution in [0, 0.1) is 11.8 Å². The average Bonchev–Trinajstić information content (AvgIpc) is 3.16. The highest BCUT2D eigenvalue weighted by atomic mass is 16.5. The van der Waals surface area contributed by atoms with Crippen molar-refractivity contribution in [2.24, 2.45) is 11.8 Å². The van der Waals surface area contributed by atoms with Crippen LogP contribution in [0.15, 0.2) is 36.4 Å². The summed E-state index contributed by atoms with van der Waals surface area (Å²) in [6.45, 7) is 4.38. The lowest BCUT2D eigenvalue weighted by molar-refractivity contribution is -0.146. The summed E-state index contributed by atoms with van der Waals surface area (Å²) in [7, 11) is 0. The third-order valence-electron chi connectivity index (χ3n) is 4.54. The molecule has 2 heterocycles. The number of ether oxygens (including phenoxy) is 2. The van der Waals surface area contributed by atoms with Crippen LogP contribution in [-0.4, -0.2) is 35.8 Å². The fourth-order valence-electron chi connectivity index (χ4n) is 3.33. The Bertz CT molecular complexity index is 654. The number of hydrogen-bond acceptors (Lipinski definition) is 4. The molecule has 6 nitrogen and oxygen atoms in total. The van der Waals surface area contributed by atoms with Gasteiger partial charge in [-0.15, -0.1) is 0 Å². The van der Waals surface area contributed by atoms with Crippen LogP contribution in [0.1, 0.15) is 25.5 Å². The molecule has 1 saturated heterocycles. The molecule has 5 atom stereocenters. The molecule has 1 amide bonds. The second kappa shape index (κ2) is 6.65. The minimum atomic E-state index is -0.999. The Labute approximate surface area is 140 Å². The van der Waals surface area contributed by atoms with Crippen molar-refractivity contribution in [3.8, 4) is 5.75 Å². The van der Waals surface area contributed by atoms with E-state index in [-0.39, 0.29) is 11.9 Å². The maximum Gasteiger partial charge on any atom is 0.310 e. The van der Waals surface area contributed by atoms with E-state index in [9.17, 15) is 14.7 Å². The number of carboxylic acid groups (broad SMARTS) is 1. The van der Waals surface area contributed by atoms with Crippen molar-refractivity contribution in [1.29, 1.82) is 0 Å². The highest BCUT2D eigenvalue weighted by Gasteiger charge is 2.53. The Kier molecular flexibility index (Phi) is 4.57. The van der Waals surface area contributed by atoms with Gasteiger partial charge in [-0.1, -0.05) is 24.3 Å². The van der Waals surface area contributed by atoms with E-state index in [2.05, 4.69) is 5.32 Å². The van der Waals surface area contributed by atoms with Crippen molar-refractivity contribution in [2.75, 3.05) is 6.61 Å². The molecule has 0 saturated carbocycles. The van der Waals surface area contributed by atoms with Gasteiger partial charge in [0.25, 0.3) is 0 Å². The van der Waals surface area contributed by atoms with Gasteiger partial charge in [0.05, 0.1) is 30.8 Å². The monoisotopic (exact) mass is 331 g/mol. The summed E-state index contributed by atoms with van der Waals surface area (Å²) in [5, 5.41) is 12.3. The molecule has 2 N–H and O–H groups in total. The van der Waals surface area contributed by atoms with E-state index >= 15 is 0 Å². The number of amides is 1. The molecule has 0 radical (unpaired) electrons. The van der Waals surface area contributed by atoms with Crippen LogP contribution >= 0.6 is 0 Å². The van der Waals surface area contributed by atoms with E-state index in [0.29, 0.717) is 6.61 Å². The summed E-state index contributed by atoms with van der Waals surface area (Å²) >= 11 is 0. The number of benzene rings is 1. The number of hydrogen-bond donors (Lipinski definition) is 2. The molecule has 24 heavy (non-hydrogen) atoms. The Morgan fingerprint density at radius 2 is 1.83 bits per heavy atom. The molecule has 3 rings (SSSR count). The molecule has 0 aromatic heterocycles. The van der Waals surface area contributed by atoms with Crippen LogP contribution < -0.4 is 10.1 Å². The number of rotatable bonds is 6. The molecule has 1 fully saturated rings. The van der Waals surface area contributed by atoms with Gasteiger partial charge in [-0.05, 0) is 31.5 Å². The molecular weight excluding hydrogens is 310 g/mol. The average molecular weight is 331 g/mol. The number of fused-ring (bicyclic) bond motifs is 2. The van der Waals surface area contributed by atoms with Crippen LogP contribution in [0.25, 0.3) is 0 Å². The maximum absolute atomic E-state index is 12.6. The maximum atomic E-state index is 12.6. The fraction of sp³-hybridized carbons (Fsp3) is 0.444. The van der Waals surface area contributed by atoms with Gasteiger partial charge in [0.1, 0.15) is 11.7 Å². The molecule has 6 heteroatoms. The van der Waals surface area contributed by atoms with Crippen molar-refractivity contribution < 1.29 is 24.2 Å². The molecule has 128 valence electrons. The van der Waals surface area contributed by atoms with Gasteiger partial charge in [0.2, 0.25) is 5.91 Å². The summed E-state index contributed by atoms with van der Waals surface area (Å²) in [6, 6.07) is 7.25. The van der Waals surface area contributed by atoms with Crippen molar-refractivity contribution in [3.05, 3.63) is 42.0 Å². The molecule has 0 spiro atoms. The summed E-state index contributed by atoms with van der Waals surface area (Å²) in [4.78, 5) is 24.0. The van der Waals surface area contributed by atoms with Crippen LogP contribution in [0.2, 0.25) is 0 Å². The topological polar surface area (TPSA) is 84.9 Å². The number of aliphatic carboxylic acids is 1. The molecule has 2 bridgehead atoms. The third kappa shape index (κ3) is 3.01. The first-order chi connectivity index (χ1) is 11.5. The van der Waals surface area contributed by atoms with Gasteiger partial charge in [-0.3, -0.25) is 9.59 Å². The van der Waals surface area contributed by atoms with Crippen LogP contribution in [0.4, 0.5) is 0 Å². The van der Waals surface area contributed by atoms with Gasteiger partial charge in [0.15, 0.2) is 0 Å². The van der Waals surface area contributed by atoms with E-state index in [0.717, 1.165) is 11.3 Å². The first-order valence-corrected chi connectivity index (χ1v) is 8.11. The SMILES string of the molecule is CCOc1ccc([C@H](C)NC(=O)[C@@H]2[C@@H](C(=O)O)[C@@H]3C=C[C@@H]2O3)cc1. The predicted molar refractivity (Wildman–Crippen MR) is 86.6 cm³/mol. The lowest BCUT2D eigenvalue weighted by atomic mass is 9.82. The van der Waals surface area contributed by atoms with Crippen LogP contribution in [0.5, 0.6) is 5.75 Å². The molecular formula is C18H21NO5. The molecule has 1 aromatic carbocycles. The number of nitrogens with one attached hydrogen (secondary N) is 1. The summed E-state index contributed by atoms with van der Waals surface area (Å²) in [6.07, 6.45) is 2.53. The van der Waals surface area contributed by atoms with Crippen molar-refractivity contribution in [3.63, 3.8) is 0 Å². The van der Waals surface area contributed by atoms with Crippen LogP contribution in [-0.2, 0) is 14.3 Å². The number of carbonyl (C=O) groups is 2. The normalized spacial score (nSPS) is 28.6. The molecule has 0 unspecified atom stereocenters. The lowest BCUT2D eigenvalue weighted by Crippen LogP contribution is -2.43.